The lowest BCUT2D eigenvalue weighted by Gasteiger charge is -2.44. The second-order valence-electron chi connectivity index (χ2n) is 8.46. The molecule has 3 aromatic carbocycles. The van der Waals surface area contributed by atoms with Crippen LogP contribution in [0.25, 0.3) is 0 Å². The van der Waals surface area contributed by atoms with Crippen molar-refractivity contribution in [3.63, 3.8) is 0 Å². The predicted molar refractivity (Wildman–Crippen MR) is 125 cm³/mol. The van der Waals surface area contributed by atoms with Crippen LogP contribution in [-0.4, -0.2) is 18.8 Å². The topological polar surface area (TPSA) is 39.7 Å². The first-order valence-electron chi connectivity index (χ1n) is 10.6. The van der Waals surface area contributed by atoms with Crippen molar-refractivity contribution in [1.29, 1.82) is 0 Å². The maximum atomic E-state index is 13.2. The van der Waals surface area contributed by atoms with Gasteiger partial charge in [0.25, 0.3) is 0 Å². The van der Waals surface area contributed by atoms with Crippen molar-refractivity contribution in [2.24, 2.45) is 0 Å². The highest BCUT2D eigenvalue weighted by atomic mass is 35.5. The average molecular weight is 456 g/mol. The van der Waals surface area contributed by atoms with E-state index in [2.05, 4.69) is 5.32 Å². The number of ether oxygens (including phenoxy) is 3. The van der Waals surface area contributed by atoms with E-state index < -0.39 is 5.60 Å². The zero-order valence-corrected chi connectivity index (χ0v) is 19.2. The van der Waals surface area contributed by atoms with Gasteiger partial charge in [-0.15, -0.1) is 0 Å². The highest BCUT2D eigenvalue weighted by Gasteiger charge is 2.45. The summed E-state index contributed by atoms with van der Waals surface area (Å²) in [7, 11) is 1.68. The van der Waals surface area contributed by atoms with Gasteiger partial charge in [0, 0.05) is 29.9 Å². The molecule has 2 atom stereocenters. The van der Waals surface area contributed by atoms with E-state index in [0.29, 0.717) is 18.2 Å². The van der Waals surface area contributed by atoms with Gasteiger partial charge < -0.3 is 19.5 Å². The summed E-state index contributed by atoms with van der Waals surface area (Å²) in [5.41, 5.74) is 3.25. The molecule has 0 amide bonds. The molecule has 0 saturated heterocycles. The van der Waals surface area contributed by atoms with Gasteiger partial charge in [-0.3, -0.25) is 0 Å². The summed E-state index contributed by atoms with van der Waals surface area (Å²) < 4.78 is 31.7. The van der Waals surface area contributed by atoms with Crippen LogP contribution in [0.5, 0.6) is 5.75 Å². The monoisotopic (exact) mass is 455 g/mol. The van der Waals surface area contributed by atoms with Crippen molar-refractivity contribution in [3.05, 3.63) is 94.3 Å². The smallest absolute Gasteiger partial charge is 0.132 e. The molecule has 0 spiro atoms. The van der Waals surface area contributed by atoms with E-state index in [-0.39, 0.29) is 18.0 Å². The molecule has 6 heteroatoms. The number of methoxy groups -OCH3 is 1. The molecule has 0 saturated carbocycles. The Hall–Kier alpha value is -2.60. The van der Waals surface area contributed by atoms with Crippen LogP contribution in [-0.2, 0) is 22.6 Å². The van der Waals surface area contributed by atoms with Crippen LogP contribution >= 0.6 is 11.6 Å². The van der Waals surface area contributed by atoms with Crippen molar-refractivity contribution in [2.45, 2.75) is 44.8 Å². The maximum absolute atomic E-state index is 13.2. The standard InChI is InChI=1S/C26H27ClFNO3/c1-26(2)25(31-16-17-7-9-20(28)10-8-17)24(30-3)22-14-21(11-12-23(22)32-26)29-15-18-5-4-6-19(27)13-18/h4-14,24-25,29H,15-16H2,1-3H3. The maximum Gasteiger partial charge on any atom is 0.132 e. The fourth-order valence-corrected chi connectivity index (χ4v) is 4.21. The third-order valence-electron chi connectivity index (χ3n) is 5.63. The molecule has 0 aromatic heterocycles. The lowest BCUT2D eigenvalue weighted by Crippen LogP contribution is -2.50. The molecule has 4 nitrogen and oxygen atoms in total. The number of nitrogens with one attached hydrogen (secondary N) is 1. The van der Waals surface area contributed by atoms with Gasteiger partial charge in [-0.2, -0.15) is 0 Å². The zero-order valence-electron chi connectivity index (χ0n) is 18.4. The van der Waals surface area contributed by atoms with Crippen LogP contribution in [0.1, 0.15) is 36.6 Å². The summed E-state index contributed by atoms with van der Waals surface area (Å²) in [5, 5.41) is 4.15. The Morgan fingerprint density at radius 2 is 1.81 bits per heavy atom. The molecule has 1 N–H and O–H groups in total. The fraction of sp³-hybridized carbons (Fsp3) is 0.308. The van der Waals surface area contributed by atoms with E-state index >= 15 is 0 Å². The van der Waals surface area contributed by atoms with Crippen LogP contribution in [0.2, 0.25) is 5.02 Å². The van der Waals surface area contributed by atoms with E-state index in [9.17, 15) is 4.39 Å². The van der Waals surface area contributed by atoms with Crippen LogP contribution in [0, 0.1) is 5.82 Å². The van der Waals surface area contributed by atoms with E-state index in [1.165, 1.54) is 12.1 Å². The largest absolute Gasteiger partial charge is 0.485 e. The van der Waals surface area contributed by atoms with Crippen LogP contribution in [0.15, 0.2) is 66.7 Å². The summed E-state index contributed by atoms with van der Waals surface area (Å²) >= 11 is 6.09. The summed E-state index contributed by atoms with van der Waals surface area (Å²) in [4.78, 5) is 0. The second-order valence-corrected chi connectivity index (χ2v) is 8.89. The lowest BCUT2D eigenvalue weighted by atomic mass is 9.88. The molecule has 168 valence electrons. The minimum absolute atomic E-state index is 0.267. The fourth-order valence-electron chi connectivity index (χ4n) is 4.00. The molecule has 4 rings (SSSR count). The van der Waals surface area contributed by atoms with E-state index in [0.717, 1.165) is 28.1 Å². The van der Waals surface area contributed by atoms with Gasteiger partial charge in [-0.1, -0.05) is 35.9 Å². The number of hydrogen-bond acceptors (Lipinski definition) is 4. The van der Waals surface area contributed by atoms with E-state index in [4.69, 9.17) is 25.8 Å². The number of benzene rings is 3. The molecule has 1 aliphatic heterocycles. The Morgan fingerprint density at radius 1 is 1.03 bits per heavy atom. The second kappa shape index (κ2) is 9.49. The Bertz CT molecular complexity index is 1070. The zero-order chi connectivity index (χ0) is 22.7. The van der Waals surface area contributed by atoms with Gasteiger partial charge in [0.15, 0.2) is 0 Å². The Kier molecular flexibility index (Phi) is 6.70. The van der Waals surface area contributed by atoms with Gasteiger partial charge in [0.05, 0.1) is 6.61 Å². The van der Waals surface area contributed by atoms with Gasteiger partial charge in [0.1, 0.15) is 29.4 Å². The SMILES string of the molecule is COC1c2cc(NCc3cccc(Cl)c3)ccc2OC(C)(C)C1OCc1ccc(F)cc1. The van der Waals surface area contributed by atoms with Gasteiger partial charge >= 0.3 is 0 Å². The molecule has 0 radical (unpaired) electrons. The van der Waals surface area contributed by atoms with Gasteiger partial charge in [-0.25, -0.2) is 4.39 Å². The van der Waals surface area contributed by atoms with Crippen LogP contribution in [0.4, 0.5) is 10.1 Å². The first-order valence-corrected chi connectivity index (χ1v) is 10.9. The Morgan fingerprint density at radius 3 is 2.53 bits per heavy atom. The third-order valence-corrected chi connectivity index (χ3v) is 5.87. The molecule has 0 fully saturated rings. The number of rotatable bonds is 7. The molecule has 0 bridgehead atoms. The number of halogens is 2. The Balaban J connectivity index is 1.53. The van der Waals surface area contributed by atoms with Crippen molar-refractivity contribution in [3.8, 4) is 5.75 Å². The normalized spacial score (nSPS) is 19.2. The van der Waals surface area contributed by atoms with E-state index in [1.54, 1.807) is 19.2 Å². The number of anilines is 1. The van der Waals surface area contributed by atoms with Gasteiger partial charge in [0.2, 0.25) is 0 Å². The van der Waals surface area contributed by atoms with Crippen LogP contribution < -0.4 is 10.1 Å². The third kappa shape index (κ3) is 5.07. The number of hydrogen-bond donors (Lipinski definition) is 1. The molecule has 0 aliphatic carbocycles. The minimum atomic E-state index is -0.608. The predicted octanol–water partition coefficient (Wildman–Crippen LogP) is 6.54. The summed E-state index contributed by atoms with van der Waals surface area (Å²) in [6, 6.07) is 20.1. The first-order chi connectivity index (χ1) is 15.4. The molecule has 2 unspecified atom stereocenters. The lowest BCUT2D eigenvalue weighted by molar-refractivity contribution is -0.159. The van der Waals surface area contributed by atoms with Gasteiger partial charge in [-0.05, 0) is 67.4 Å². The van der Waals surface area contributed by atoms with Crippen molar-refractivity contribution < 1.29 is 18.6 Å². The molecule has 32 heavy (non-hydrogen) atoms. The molecular weight excluding hydrogens is 429 g/mol. The summed E-state index contributed by atoms with van der Waals surface area (Å²) in [6.45, 7) is 4.96. The van der Waals surface area contributed by atoms with Crippen LogP contribution in [0.3, 0.4) is 0 Å². The Labute approximate surface area is 193 Å². The summed E-state index contributed by atoms with van der Waals surface area (Å²) in [6.07, 6.45) is -0.671. The first kappa shape index (κ1) is 22.6. The van der Waals surface area contributed by atoms with Crippen molar-refractivity contribution >= 4 is 17.3 Å². The average Bonchev–Trinajstić information content (AvgIpc) is 2.77. The summed E-state index contributed by atoms with van der Waals surface area (Å²) in [5.74, 6) is 0.508. The molecular formula is C26H27ClFNO3. The van der Waals surface area contributed by atoms with E-state index in [1.807, 2.05) is 56.3 Å². The number of fused-ring (bicyclic) bond motifs is 1. The highest BCUT2D eigenvalue weighted by Crippen LogP contribution is 2.44. The minimum Gasteiger partial charge on any atom is -0.485 e. The van der Waals surface area contributed by atoms with Crippen molar-refractivity contribution in [2.75, 3.05) is 12.4 Å². The molecule has 3 aromatic rings. The highest BCUT2D eigenvalue weighted by molar-refractivity contribution is 6.30. The van der Waals surface area contributed by atoms with Crippen molar-refractivity contribution in [1.82, 2.24) is 0 Å². The molecule has 1 heterocycles. The molecule has 1 aliphatic rings. The quantitative estimate of drug-likeness (QED) is 0.439.